The Hall–Kier alpha value is -6.52. The molecule has 3 aromatic heterocycles. The molecule has 11 rings (SSSR count). The average molecular weight is 654 g/mol. The van der Waals surface area contributed by atoms with E-state index in [1.54, 1.807) is 0 Å². The third-order valence-corrected chi connectivity index (χ3v) is 10.9. The van der Waals surface area contributed by atoms with Crippen LogP contribution in [0.1, 0.15) is 25.0 Å². The molecule has 0 bridgehead atoms. The highest BCUT2D eigenvalue weighted by molar-refractivity contribution is 6.32. The lowest BCUT2D eigenvalue weighted by molar-refractivity contribution is 0.620. The molecule has 0 N–H and O–H groups in total. The summed E-state index contributed by atoms with van der Waals surface area (Å²) in [5.41, 5.74) is 14.0. The van der Waals surface area contributed by atoms with Crippen molar-refractivity contribution in [3.05, 3.63) is 163 Å². The first-order valence-electron chi connectivity index (χ1n) is 17.5. The molecule has 0 amide bonds. The Balaban J connectivity index is 1.32. The normalized spacial score (nSPS) is 13.5. The molecule has 1 aliphatic rings. The topological polar surface area (TPSA) is 43.9 Å². The minimum Gasteiger partial charge on any atom is -0.456 e. The summed E-state index contributed by atoms with van der Waals surface area (Å²) < 4.78 is 9.35. The van der Waals surface area contributed by atoms with Crippen molar-refractivity contribution in [3.8, 4) is 39.5 Å². The molecular weight excluding hydrogens is 623 g/mol. The Bertz CT molecular complexity index is 3040. The minimum absolute atomic E-state index is 0.265. The second-order valence-electron chi connectivity index (χ2n) is 14.1. The van der Waals surface area contributed by atoms with Crippen molar-refractivity contribution in [2.75, 3.05) is 0 Å². The third-order valence-electron chi connectivity index (χ3n) is 10.9. The number of benzene rings is 7. The maximum atomic E-state index is 6.88. The highest BCUT2D eigenvalue weighted by Crippen LogP contribution is 2.57. The first-order chi connectivity index (χ1) is 25.1. The number of hydrogen-bond donors (Lipinski definition) is 0. The van der Waals surface area contributed by atoms with Gasteiger partial charge in [0, 0.05) is 60.3 Å². The van der Waals surface area contributed by atoms with Gasteiger partial charge in [0.25, 0.3) is 0 Å². The first kappa shape index (κ1) is 28.3. The van der Waals surface area contributed by atoms with Crippen molar-refractivity contribution in [3.63, 3.8) is 0 Å². The van der Waals surface area contributed by atoms with Crippen molar-refractivity contribution in [1.82, 2.24) is 14.5 Å². The summed E-state index contributed by atoms with van der Waals surface area (Å²) in [6.07, 6.45) is 0. The van der Waals surface area contributed by atoms with Crippen molar-refractivity contribution < 1.29 is 4.42 Å². The van der Waals surface area contributed by atoms with Crippen molar-refractivity contribution in [2.24, 2.45) is 0 Å². The van der Waals surface area contributed by atoms with Gasteiger partial charge in [-0.05, 0) is 41.5 Å². The zero-order valence-corrected chi connectivity index (χ0v) is 28.2. The minimum atomic E-state index is -0.265. The monoisotopic (exact) mass is 653 g/mol. The van der Waals surface area contributed by atoms with Crippen LogP contribution in [-0.4, -0.2) is 14.5 Å². The summed E-state index contributed by atoms with van der Waals surface area (Å²) >= 11 is 0. The van der Waals surface area contributed by atoms with E-state index in [4.69, 9.17) is 14.4 Å². The van der Waals surface area contributed by atoms with Gasteiger partial charge in [0.05, 0.1) is 22.2 Å². The lowest BCUT2D eigenvalue weighted by Gasteiger charge is -2.22. The Morgan fingerprint density at radius 1 is 0.588 bits per heavy atom. The smallest absolute Gasteiger partial charge is 0.160 e. The van der Waals surface area contributed by atoms with Gasteiger partial charge >= 0.3 is 0 Å². The number of para-hydroxylation sites is 2. The van der Waals surface area contributed by atoms with E-state index in [0.717, 1.165) is 61.3 Å². The van der Waals surface area contributed by atoms with E-state index in [1.165, 1.54) is 43.9 Å². The SMILES string of the molecule is CC1(C)c2ccccc2-c2c1c1oc3ccccc3c1c1c3ccccc3n(-c3ccc4nc(-c5ccccc5)nc(-c5ccccc5)c4c3)c21. The van der Waals surface area contributed by atoms with Gasteiger partial charge in [-0.2, -0.15) is 0 Å². The van der Waals surface area contributed by atoms with Gasteiger partial charge in [0.15, 0.2) is 5.82 Å². The largest absolute Gasteiger partial charge is 0.456 e. The van der Waals surface area contributed by atoms with Crippen LogP contribution in [-0.2, 0) is 5.41 Å². The van der Waals surface area contributed by atoms with Crippen molar-refractivity contribution in [2.45, 2.75) is 19.3 Å². The quantitative estimate of drug-likeness (QED) is 0.191. The van der Waals surface area contributed by atoms with E-state index in [2.05, 4.69) is 152 Å². The van der Waals surface area contributed by atoms with Crippen LogP contribution in [0.3, 0.4) is 0 Å². The molecule has 0 aliphatic heterocycles. The molecule has 0 fully saturated rings. The molecule has 0 saturated heterocycles. The predicted molar refractivity (Wildman–Crippen MR) is 210 cm³/mol. The summed E-state index contributed by atoms with van der Waals surface area (Å²) in [4.78, 5) is 10.4. The zero-order valence-electron chi connectivity index (χ0n) is 28.2. The molecule has 51 heavy (non-hydrogen) atoms. The summed E-state index contributed by atoms with van der Waals surface area (Å²) in [7, 11) is 0. The summed E-state index contributed by atoms with van der Waals surface area (Å²) in [5, 5.41) is 5.75. The first-order valence-corrected chi connectivity index (χ1v) is 17.5. The Morgan fingerprint density at radius 3 is 2.10 bits per heavy atom. The van der Waals surface area contributed by atoms with E-state index >= 15 is 0 Å². The second kappa shape index (κ2) is 10.3. The highest BCUT2D eigenvalue weighted by Gasteiger charge is 2.41. The van der Waals surface area contributed by atoms with Crippen LogP contribution in [0.2, 0.25) is 0 Å². The number of aromatic nitrogens is 3. The molecule has 7 aromatic carbocycles. The Labute approximate surface area is 294 Å². The molecule has 0 atom stereocenters. The predicted octanol–water partition coefficient (Wildman–Crippen LogP) is 12.3. The molecule has 4 heteroatoms. The molecule has 0 spiro atoms. The molecule has 3 heterocycles. The van der Waals surface area contributed by atoms with E-state index in [1.807, 2.05) is 18.2 Å². The third kappa shape index (κ3) is 3.85. The Morgan fingerprint density at radius 2 is 1.27 bits per heavy atom. The number of rotatable bonds is 3. The summed E-state index contributed by atoms with van der Waals surface area (Å²) in [5.74, 6) is 0.720. The highest BCUT2D eigenvalue weighted by atomic mass is 16.3. The standard InChI is InChI=1S/C47H31N3O/c1-47(2)35-22-12-9-19-31(35)41-42(47)45-40(33-21-11-14-24-38(33)51-45)39-32-20-10-13-23-37(32)50(44(39)41)30-25-26-36-34(27-30)43(28-15-5-3-6-16-28)49-46(48-36)29-17-7-4-8-18-29/h3-27H,1-2H3. The lowest BCUT2D eigenvalue weighted by Crippen LogP contribution is -2.15. The average Bonchev–Trinajstić information content (AvgIpc) is 3.80. The number of fused-ring (bicyclic) bond motifs is 13. The van der Waals surface area contributed by atoms with Crippen LogP contribution < -0.4 is 0 Å². The molecular formula is C47H31N3O. The molecule has 0 saturated carbocycles. The molecule has 240 valence electrons. The Kier molecular flexibility index (Phi) is 5.70. The van der Waals surface area contributed by atoms with Crippen LogP contribution in [0.5, 0.6) is 0 Å². The van der Waals surface area contributed by atoms with Crippen molar-refractivity contribution in [1.29, 1.82) is 0 Å². The van der Waals surface area contributed by atoms with Gasteiger partial charge in [-0.3, -0.25) is 0 Å². The maximum Gasteiger partial charge on any atom is 0.160 e. The van der Waals surface area contributed by atoms with Gasteiger partial charge in [0.1, 0.15) is 11.2 Å². The van der Waals surface area contributed by atoms with Crippen molar-refractivity contribution >= 4 is 54.6 Å². The fourth-order valence-corrected chi connectivity index (χ4v) is 8.73. The van der Waals surface area contributed by atoms with Crippen LogP contribution in [0, 0.1) is 0 Å². The van der Waals surface area contributed by atoms with Crippen LogP contribution in [0.4, 0.5) is 0 Å². The molecule has 10 aromatic rings. The van der Waals surface area contributed by atoms with Gasteiger partial charge in [0.2, 0.25) is 0 Å². The lowest BCUT2D eigenvalue weighted by atomic mass is 9.81. The maximum absolute atomic E-state index is 6.88. The van der Waals surface area contributed by atoms with E-state index in [-0.39, 0.29) is 5.41 Å². The van der Waals surface area contributed by atoms with Gasteiger partial charge < -0.3 is 8.98 Å². The van der Waals surface area contributed by atoms with Crippen LogP contribution in [0.25, 0.3) is 94.1 Å². The van der Waals surface area contributed by atoms with Crippen LogP contribution in [0.15, 0.2) is 156 Å². The number of hydrogen-bond acceptors (Lipinski definition) is 3. The van der Waals surface area contributed by atoms with E-state index in [9.17, 15) is 0 Å². The summed E-state index contributed by atoms with van der Waals surface area (Å²) in [6.45, 7) is 4.68. The summed E-state index contributed by atoms with van der Waals surface area (Å²) in [6, 6.07) is 53.6. The van der Waals surface area contributed by atoms with Crippen LogP contribution >= 0.6 is 0 Å². The van der Waals surface area contributed by atoms with Gasteiger partial charge in [-0.15, -0.1) is 0 Å². The van der Waals surface area contributed by atoms with E-state index < -0.39 is 0 Å². The van der Waals surface area contributed by atoms with Gasteiger partial charge in [-0.1, -0.05) is 135 Å². The molecule has 4 nitrogen and oxygen atoms in total. The fourth-order valence-electron chi connectivity index (χ4n) is 8.73. The van der Waals surface area contributed by atoms with Gasteiger partial charge in [-0.25, -0.2) is 9.97 Å². The number of furan rings is 1. The fraction of sp³-hybridized carbons (Fsp3) is 0.0638. The zero-order chi connectivity index (χ0) is 33.8. The van der Waals surface area contributed by atoms with E-state index in [0.29, 0.717) is 0 Å². The molecule has 1 aliphatic carbocycles. The second-order valence-corrected chi connectivity index (χ2v) is 14.1. The molecule has 0 radical (unpaired) electrons. The molecule has 0 unspecified atom stereocenters. The number of nitrogens with zero attached hydrogens (tertiary/aromatic N) is 3.